The summed E-state index contributed by atoms with van der Waals surface area (Å²) in [5.74, 6) is 0. The van der Waals surface area contributed by atoms with Gasteiger partial charge in [0.2, 0.25) is 0 Å². The molecule has 1 saturated heterocycles. The maximum absolute atomic E-state index is 5.93. The van der Waals surface area contributed by atoms with Crippen molar-refractivity contribution in [3.05, 3.63) is 29.3 Å². The lowest BCUT2D eigenvalue weighted by atomic mass is 10.0. The van der Waals surface area contributed by atoms with Gasteiger partial charge in [0.15, 0.2) is 0 Å². The molecule has 102 valence electrons. The highest BCUT2D eigenvalue weighted by Gasteiger charge is 2.24. The molecule has 0 radical (unpaired) electrons. The van der Waals surface area contributed by atoms with E-state index in [1.54, 1.807) is 0 Å². The van der Waals surface area contributed by atoms with Gasteiger partial charge in [0.1, 0.15) is 0 Å². The average molecular weight is 289 g/mol. The number of nitrogens with zero attached hydrogens (tertiary/aromatic N) is 1. The largest absolute Gasteiger partial charge is 0.368 e. The first kappa shape index (κ1) is 15.6. The number of halogens is 2. The SMILES string of the molecule is CC[C@@H]1CN(c2ccc(Cl)cc2)C[C@@H](CC)N1.Cl. The van der Waals surface area contributed by atoms with Crippen LogP contribution in [-0.4, -0.2) is 25.2 Å². The standard InChI is InChI=1S/C14H21ClN2.ClH/c1-3-12-9-17(10-13(4-2)16-12)14-7-5-11(15)6-8-14;/h5-8,12-13,16H,3-4,9-10H2,1-2H3;1H/t12-,13-;/m1./s1. The molecule has 0 amide bonds. The van der Waals surface area contributed by atoms with Crippen molar-refractivity contribution in [1.82, 2.24) is 5.32 Å². The minimum atomic E-state index is 0. The number of hydrogen-bond donors (Lipinski definition) is 1. The summed E-state index contributed by atoms with van der Waals surface area (Å²) in [5, 5.41) is 4.50. The Kier molecular flexibility index (Phi) is 6.27. The van der Waals surface area contributed by atoms with Gasteiger partial charge >= 0.3 is 0 Å². The van der Waals surface area contributed by atoms with Crippen molar-refractivity contribution in [2.24, 2.45) is 0 Å². The van der Waals surface area contributed by atoms with Crippen LogP contribution >= 0.6 is 24.0 Å². The summed E-state index contributed by atoms with van der Waals surface area (Å²) in [7, 11) is 0. The second-order valence-corrected chi connectivity index (χ2v) is 5.19. The molecule has 1 heterocycles. The number of hydrogen-bond acceptors (Lipinski definition) is 2. The molecule has 1 aromatic carbocycles. The molecule has 0 aromatic heterocycles. The van der Waals surface area contributed by atoms with Crippen LogP contribution in [0.25, 0.3) is 0 Å². The molecular formula is C14H22Cl2N2. The Bertz CT molecular complexity index is 341. The topological polar surface area (TPSA) is 15.3 Å². The Morgan fingerprint density at radius 2 is 1.61 bits per heavy atom. The summed E-state index contributed by atoms with van der Waals surface area (Å²) in [4.78, 5) is 2.47. The third-order valence-electron chi connectivity index (χ3n) is 3.53. The van der Waals surface area contributed by atoms with Gasteiger partial charge in [-0.25, -0.2) is 0 Å². The van der Waals surface area contributed by atoms with Crippen LogP contribution in [-0.2, 0) is 0 Å². The van der Waals surface area contributed by atoms with E-state index in [4.69, 9.17) is 11.6 Å². The highest BCUT2D eigenvalue weighted by atomic mass is 35.5. The Morgan fingerprint density at radius 1 is 1.11 bits per heavy atom. The number of anilines is 1. The molecule has 2 atom stereocenters. The van der Waals surface area contributed by atoms with Crippen LogP contribution in [0.5, 0.6) is 0 Å². The van der Waals surface area contributed by atoms with Crippen molar-refractivity contribution in [3.8, 4) is 0 Å². The zero-order valence-electron chi connectivity index (χ0n) is 11.0. The zero-order chi connectivity index (χ0) is 12.3. The Balaban J connectivity index is 0.00000162. The first-order chi connectivity index (χ1) is 8.22. The molecule has 0 bridgehead atoms. The van der Waals surface area contributed by atoms with Crippen LogP contribution < -0.4 is 10.2 Å². The third kappa shape index (κ3) is 3.78. The summed E-state index contributed by atoms with van der Waals surface area (Å²) in [5.41, 5.74) is 1.28. The Hall–Kier alpha value is -0.440. The predicted molar refractivity (Wildman–Crippen MR) is 82.2 cm³/mol. The molecule has 0 unspecified atom stereocenters. The quantitative estimate of drug-likeness (QED) is 0.912. The lowest BCUT2D eigenvalue weighted by Crippen LogP contribution is -2.56. The van der Waals surface area contributed by atoms with Crippen LogP contribution in [0, 0.1) is 0 Å². The zero-order valence-corrected chi connectivity index (χ0v) is 12.6. The average Bonchev–Trinajstić information content (AvgIpc) is 2.39. The summed E-state index contributed by atoms with van der Waals surface area (Å²) >= 11 is 5.93. The van der Waals surface area contributed by atoms with Crippen LogP contribution in [0.15, 0.2) is 24.3 Å². The molecule has 2 nitrogen and oxygen atoms in total. The van der Waals surface area contributed by atoms with E-state index in [1.165, 1.54) is 18.5 Å². The van der Waals surface area contributed by atoms with E-state index in [2.05, 4.69) is 36.2 Å². The van der Waals surface area contributed by atoms with Crippen LogP contribution in [0.1, 0.15) is 26.7 Å². The molecule has 18 heavy (non-hydrogen) atoms. The molecule has 1 aliphatic heterocycles. The second-order valence-electron chi connectivity index (χ2n) is 4.76. The van der Waals surface area contributed by atoms with Gasteiger partial charge in [-0.2, -0.15) is 0 Å². The molecular weight excluding hydrogens is 267 g/mol. The lowest BCUT2D eigenvalue weighted by Gasteiger charge is -2.40. The lowest BCUT2D eigenvalue weighted by molar-refractivity contribution is 0.357. The van der Waals surface area contributed by atoms with Gasteiger partial charge in [-0.1, -0.05) is 25.4 Å². The van der Waals surface area contributed by atoms with Crippen LogP contribution in [0.2, 0.25) is 5.02 Å². The first-order valence-electron chi connectivity index (χ1n) is 6.49. The van der Waals surface area contributed by atoms with E-state index in [1.807, 2.05) is 12.1 Å². The van der Waals surface area contributed by atoms with Gasteiger partial charge in [0, 0.05) is 35.9 Å². The molecule has 2 rings (SSSR count). The number of rotatable bonds is 3. The monoisotopic (exact) mass is 288 g/mol. The van der Waals surface area contributed by atoms with E-state index in [0.29, 0.717) is 12.1 Å². The van der Waals surface area contributed by atoms with Gasteiger partial charge in [0.25, 0.3) is 0 Å². The molecule has 0 spiro atoms. The fourth-order valence-corrected chi connectivity index (χ4v) is 2.53. The molecule has 1 fully saturated rings. The van der Waals surface area contributed by atoms with E-state index < -0.39 is 0 Å². The Morgan fingerprint density at radius 3 is 2.06 bits per heavy atom. The van der Waals surface area contributed by atoms with Crippen molar-refractivity contribution < 1.29 is 0 Å². The number of piperazine rings is 1. The van der Waals surface area contributed by atoms with E-state index in [-0.39, 0.29) is 12.4 Å². The third-order valence-corrected chi connectivity index (χ3v) is 3.78. The summed E-state index contributed by atoms with van der Waals surface area (Å²) in [6, 6.07) is 9.38. The van der Waals surface area contributed by atoms with E-state index in [0.717, 1.165) is 18.1 Å². The molecule has 4 heteroatoms. The minimum absolute atomic E-state index is 0. The van der Waals surface area contributed by atoms with E-state index >= 15 is 0 Å². The van der Waals surface area contributed by atoms with Gasteiger partial charge < -0.3 is 10.2 Å². The molecule has 1 N–H and O–H groups in total. The fourth-order valence-electron chi connectivity index (χ4n) is 2.40. The smallest absolute Gasteiger partial charge is 0.0407 e. The van der Waals surface area contributed by atoms with Gasteiger partial charge in [-0.3, -0.25) is 0 Å². The highest BCUT2D eigenvalue weighted by molar-refractivity contribution is 6.30. The van der Waals surface area contributed by atoms with Gasteiger partial charge in [-0.05, 0) is 37.1 Å². The maximum Gasteiger partial charge on any atom is 0.0407 e. The number of benzene rings is 1. The molecule has 1 aliphatic rings. The van der Waals surface area contributed by atoms with Crippen LogP contribution in [0.4, 0.5) is 5.69 Å². The normalized spacial score (nSPS) is 23.6. The van der Waals surface area contributed by atoms with Crippen molar-refractivity contribution in [3.63, 3.8) is 0 Å². The highest BCUT2D eigenvalue weighted by Crippen LogP contribution is 2.21. The second kappa shape index (κ2) is 7.22. The summed E-state index contributed by atoms with van der Waals surface area (Å²) < 4.78 is 0. The minimum Gasteiger partial charge on any atom is -0.368 e. The van der Waals surface area contributed by atoms with Crippen molar-refractivity contribution in [1.29, 1.82) is 0 Å². The first-order valence-corrected chi connectivity index (χ1v) is 6.87. The molecule has 0 aliphatic carbocycles. The van der Waals surface area contributed by atoms with Crippen molar-refractivity contribution in [2.75, 3.05) is 18.0 Å². The van der Waals surface area contributed by atoms with Gasteiger partial charge in [-0.15, -0.1) is 12.4 Å². The van der Waals surface area contributed by atoms with Crippen LogP contribution in [0.3, 0.4) is 0 Å². The number of nitrogens with one attached hydrogen (secondary N) is 1. The maximum atomic E-state index is 5.93. The summed E-state index contributed by atoms with van der Waals surface area (Å²) in [6.45, 7) is 6.68. The van der Waals surface area contributed by atoms with Gasteiger partial charge in [0.05, 0.1) is 0 Å². The fraction of sp³-hybridized carbons (Fsp3) is 0.571. The summed E-state index contributed by atoms with van der Waals surface area (Å²) in [6.07, 6.45) is 2.36. The van der Waals surface area contributed by atoms with Crippen molar-refractivity contribution in [2.45, 2.75) is 38.8 Å². The van der Waals surface area contributed by atoms with E-state index in [9.17, 15) is 0 Å². The molecule has 1 aromatic rings. The Labute approximate surface area is 121 Å². The van der Waals surface area contributed by atoms with Crippen molar-refractivity contribution >= 4 is 29.7 Å². The predicted octanol–water partition coefficient (Wildman–Crippen LogP) is 3.73. The molecule has 0 saturated carbocycles.